The highest BCUT2D eigenvalue weighted by atomic mass is 35.5. The molecule has 1 N–H and O–H groups in total. The first-order valence-corrected chi connectivity index (χ1v) is 12.5. The Morgan fingerprint density at radius 3 is 2.73 bits per heavy atom. The Balaban J connectivity index is 1.65. The van der Waals surface area contributed by atoms with Gasteiger partial charge in [0, 0.05) is 57.5 Å². The number of fused-ring (bicyclic) bond motifs is 1. The summed E-state index contributed by atoms with van der Waals surface area (Å²) in [6, 6.07) is 5.69. The number of ether oxygens (including phenoxy) is 1. The highest BCUT2D eigenvalue weighted by Gasteiger charge is 2.27. The van der Waals surface area contributed by atoms with E-state index in [0.717, 1.165) is 57.7 Å². The van der Waals surface area contributed by atoms with Crippen LogP contribution in [0.2, 0.25) is 5.02 Å². The number of rotatable bonds is 9. The zero-order chi connectivity index (χ0) is 23.6. The van der Waals surface area contributed by atoms with Crippen molar-refractivity contribution in [3.05, 3.63) is 35.3 Å². The second kappa shape index (κ2) is 10.1. The van der Waals surface area contributed by atoms with Gasteiger partial charge in [-0.1, -0.05) is 28.9 Å². The molecule has 3 heterocycles. The van der Waals surface area contributed by atoms with Gasteiger partial charge in [-0.25, -0.2) is 0 Å². The molecule has 10 nitrogen and oxygen atoms in total. The summed E-state index contributed by atoms with van der Waals surface area (Å²) in [5, 5.41) is 15.0. The lowest BCUT2D eigenvalue weighted by molar-refractivity contribution is 0.0616. The highest BCUT2D eigenvalue weighted by molar-refractivity contribution is 7.86. The van der Waals surface area contributed by atoms with Crippen molar-refractivity contribution in [3.63, 3.8) is 0 Å². The van der Waals surface area contributed by atoms with Crippen LogP contribution in [-0.2, 0) is 28.0 Å². The minimum absolute atomic E-state index is 0.0851. The molecule has 1 aliphatic rings. The zero-order valence-corrected chi connectivity index (χ0v) is 20.2. The van der Waals surface area contributed by atoms with Gasteiger partial charge in [0.25, 0.3) is 10.2 Å². The Morgan fingerprint density at radius 1 is 1.27 bits per heavy atom. The number of hydrogen-bond acceptors (Lipinski definition) is 7. The number of aliphatic hydroxyl groups is 1. The molecule has 3 aromatic rings. The van der Waals surface area contributed by atoms with E-state index < -0.39 is 10.2 Å². The summed E-state index contributed by atoms with van der Waals surface area (Å²) in [6.07, 6.45) is 3.96. The molecule has 33 heavy (non-hydrogen) atoms. The summed E-state index contributed by atoms with van der Waals surface area (Å²) in [5.41, 5.74) is 1.67. The maximum atomic E-state index is 12.5. The van der Waals surface area contributed by atoms with Gasteiger partial charge in [-0.2, -0.15) is 22.0 Å². The van der Waals surface area contributed by atoms with E-state index in [1.807, 2.05) is 24.4 Å². The van der Waals surface area contributed by atoms with E-state index in [1.165, 1.54) is 14.1 Å². The van der Waals surface area contributed by atoms with E-state index in [9.17, 15) is 13.5 Å². The van der Waals surface area contributed by atoms with Gasteiger partial charge in [0.2, 0.25) is 11.7 Å². The number of aliphatic hydroxyl groups excluding tert-OH is 1. The minimum atomic E-state index is -3.76. The van der Waals surface area contributed by atoms with Crippen molar-refractivity contribution < 1.29 is 22.8 Å². The molecule has 1 fully saturated rings. The van der Waals surface area contributed by atoms with Crippen LogP contribution in [0, 0.1) is 5.92 Å². The van der Waals surface area contributed by atoms with Crippen molar-refractivity contribution in [2.75, 3.05) is 40.5 Å². The van der Waals surface area contributed by atoms with E-state index in [-0.39, 0.29) is 25.6 Å². The van der Waals surface area contributed by atoms with Crippen LogP contribution in [0.3, 0.4) is 0 Å². The summed E-state index contributed by atoms with van der Waals surface area (Å²) in [5.74, 6) is 0.980. The molecule has 0 radical (unpaired) electrons. The van der Waals surface area contributed by atoms with Crippen LogP contribution >= 0.6 is 11.6 Å². The number of aromatic nitrogens is 3. The molecule has 180 valence electrons. The fraction of sp³-hybridized carbons (Fsp3) is 0.524. The summed E-state index contributed by atoms with van der Waals surface area (Å²) >= 11 is 6.56. The van der Waals surface area contributed by atoms with E-state index in [4.69, 9.17) is 20.9 Å². The Kier molecular flexibility index (Phi) is 7.37. The molecule has 0 unspecified atom stereocenters. The first-order valence-electron chi connectivity index (χ1n) is 10.8. The lowest BCUT2D eigenvalue weighted by atomic mass is 10.0. The lowest BCUT2D eigenvalue weighted by Gasteiger charge is -2.23. The quantitative estimate of drug-likeness (QED) is 0.482. The standard InChI is InChI=1S/C21H28ClN5O5S/c1-25(2)33(29,30)27(8-9-28)14-19-23-21(24-32-19)17-13-26(12-15-6-10-31-11-7-15)20-16(17)4-3-5-18(20)22/h3-5,13,15,28H,6-12,14H2,1-2H3. The Morgan fingerprint density at radius 2 is 2.03 bits per heavy atom. The van der Waals surface area contributed by atoms with Gasteiger partial charge in [-0.3, -0.25) is 0 Å². The van der Waals surface area contributed by atoms with E-state index in [1.54, 1.807) is 0 Å². The number of hydrogen-bond donors (Lipinski definition) is 1. The maximum Gasteiger partial charge on any atom is 0.282 e. The molecule has 4 rings (SSSR count). The molecule has 0 bridgehead atoms. The molecule has 0 amide bonds. The van der Waals surface area contributed by atoms with Gasteiger partial charge in [-0.05, 0) is 24.8 Å². The average Bonchev–Trinajstić information content (AvgIpc) is 3.39. The average molecular weight is 498 g/mol. The number of halogens is 1. The number of para-hydroxylation sites is 1. The van der Waals surface area contributed by atoms with Crippen molar-refractivity contribution >= 4 is 32.7 Å². The van der Waals surface area contributed by atoms with Gasteiger partial charge >= 0.3 is 0 Å². The van der Waals surface area contributed by atoms with E-state index in [2.05, 4.69) is 14.7 Å². The maximum absolute atomic E-state index is 12.5. The smallest absolute Gasteiger partial charge is 0.282 e. The van der Waals surface area contributed by atoms with Crippen LogP contribution in [0.25, 0.3) is 22.3 Å². The van der Waals surface area contributed by atoms with Crippen molar-refractivity contribution in [1.82, 2.24) is 23.3 Å². The Hall–Kier alpha value is -2.02. The molecule has 12 heteroatoms. The molecular weight excluding hydrogens is 470 g/mol. The third kappa shape index (κ3) is 5.08. The third-order valence-corrected chi connectivity index (χ3v) is 7.99. The van der Waals surface area contributed by atoms with Gasteiger partial charge in [-0.15, -0.1) is 0 Å². The molecule has 1 aromatic carbocycles. The molecule has 1 saturated heterocycles. The molecular formula is C21H28ClN5O5S. The predicted octanol–water partition coefficient (Wildman–Crippen LogP) is 2.37. The van der Waals surface area contributed by atoms with Crippen molar-refractivity contribution in [1.29, 1.82) is 0 Å². The predicted molar refractivity (Wildman–Crippen MR) is 124 cm³/mol. The molecule has 0 aliphatic carbocycles. The monoisotopic (exact) mass is 497 g/mol. The van der Waals surface area contributed by atoms with Crippen LogP contribution in [0.15, 0.2) is 28.9 Å². The summed E-state index contributed by atoms with van der Waals surface area (Å²) in [6.45, 7) is 1.78. The van der Waals surface area contributed by atoms with Crippen LogP contribution in [0.4, 0.5) is 0 Å². The van der Waals surface area contributed by atoms with Gasteiger partial charge in [0.1, 0.15) is 0 Å². The van der Waals surface area contributed by atoms with Crippen LogP contribution < -0.4 is 0 Å². The largest absolute Gasteiger partial charge is 0.395 e. The highest BCUT2D eigenvalue weighted by Crippen LogP contribution is 2.34. The van der Waals surface area contributed by atoms with E-state index >= 15 is 0 Å². The summed E-state index contributed by atoms with van der Waals surface area (Å²) < 4.78 is 40.2. The molecule has 0 atom stereocenters. The van der Waals surface area contributed by atoms with Gasteiger partial charge in [0.05, 0.1) is 23.7 Å². The van der Waals surface area contributed by atoms with Crippen LogP contribution in [-0.4, -0.2) is 77.3 Å². The molecule has 1 aliphatic heterocycles. The molecule has 2 aromatic heterocycles. The Bertz CT molecular complexity index is 1200. The zero-order valence-electron chi connectivity index (χ0n) is 18.6. The first-order chi connectivity index (χ1) is 15.8. The van der Waals surface area contributed by atoms with Gasteiger partial charge < -0.3 is 18.9 Å². The topological polar surface area (TPSA) is 114 Å². The molecule has 0 spiro atoms. The molecule has 0 saturated carbocycles. The SMILES string of the molecule is CN(C)S(=O)(=O)N(CCO)Cc1nc(-c2cn(CC3CCOCC3)c3c(Cl)cccc23)no1. The third-order valence-electron chi connectivity index (χ3n) is 5.80. The van der Waals surface area contributed by atoms with Crippen molar-refractivity contribution in [3.8, 4) is 11.4 Å². The lowest BCUT2D eigenvalue weighted by Crippen LogP contribution is -2.41. The first kappa shape index (κ1) is 24.1. The number of benzene rings is 1. The minimum Gasteiger partial charge on any atom is -0.395 e. The van der Waals surface area contributed by atoms with Crippen molar-refractivity contribution in [2.24, 2.45) is 5.92 Å². The summed E-state index contributed by atoms with van der Waals surface area (Å²) in [4.78, 5) is 4.45. The second-order valence-electron chi connectivity index (χ2n) is 8.25. The van der Waals surface area contributed by atoms with Crippen LogP contribution in [0.5, 0.6) is 0 Å². The van der Waals surface area contributed by atoms with Crippen molar-refractivity contribution in [2.45, 2.75) is 25.9 Å². The Labute approximate surface area is 197 Å². The summed E-state index contributed by atoms with van der Waals surface area (Å²) in [7, 11) is -0.907. The van der Waals surface area contributed by atoms with Crippen LogP contribution in [0.1, 0.15) is 18.7 Å². The fourth-order valence-corrected chi connectivity index (χ4v) is 5.37. The van der Waals surface area contributed by atoms with Gasteiger partial charge in [0.15, 0.2) is 0 Å². The van der Waals surface area contributed by atoms with E-state index in [0.29, 0.717) is 16.8 Å². The number of nitrogens with zero attached hydrogens (tertiary/aromatic N) is 5. The second-order valence-corrected chi connectivity index (χ2v) is 10.8. The normalized spacial score (nSPS) is 15.8. The fourth-order valence-electron chi connectivity index (χ4n) is 4.04.